The smallest absolute Gasteiger partial charge is 0.228 e. The first-order valence-electron chi connectivity index (χ1n) is 11.1. The van der Waals surface area contributed by atoms with Crippen LogP contribution in [-0.2, 0) is 4.79 Å². The maximum atomic E-state index is 13.2. The number of amides is 1. The van der Waals surface area contributed by atoms with Gasteiger partial charge in [-0.15, -0.1) is 0 Å². The minimum Gasteiger partial charge on any atom is -0.396 e. The lowest BCUT2D eigenvalue weighted by Gasteiger charge is -2.36. The van der Waals surface area contributed by atoms with Crippen molar-refractivity contribution in [3.8, 4) is 0 Å². The van der Waals surface area contributed by atoms with E-state index >= 15 is 0 Å². The summed E-state index contributed by atoms with van der Waals surface area (Å²) < 4.78 is 0. The van der Waals surface area contributed by atoms with Gasteiger partial charge < -0.3 is 10.0 Å². The molecule has 1 aromatic carbocycles. The summed E-state index contributed by atoms with van der Waals surface area (Å²) in [6, 6.07) is 12.2. The van der Waals surface area contributed by atoms with Gasteiger partial charge in [0.05, 0.1) is 5.52 Å². The highest BCUT2D eigenvalue weighted by Crippen LogP contribution is 2.34. The number of hydrogen-bond acceptors (Lipinski definition) is 6. The molecule has 0 saturated carbocycles. The molecule has 160 valence electrons. The van der Waals surface area contributed by atoms with E-state index in [1.165, 1.54) is 0 Å². The zero-order valence-electron chi connectivity index (χ0n) is 17.5. The summed E-state index contributed by atoms with van der Waals surface area (Å²) in [6.45, 7) is 2.48. The minimum atomic E-state index is 0.0678. The van der Waals surface area contributed by atoms with E-state index < -0.39 is 0 Å². The van der Waals surface area contributed by atoms with Gasteiger partial charge in [-0.05, 0) is 37.3 Å². The molecule has 0 aliphatic carbocycles. The molecule has 7 heteroatoms. The van der Waals surface area contributed by atoms with Gasteiger partial charge in [-0.25, -0.2) is 9.97 Å². The first kappa shape index (κ1) is 19.9. The standard InChI is InChI=1S/C24H27N5O2/c30-16-17-7-12-28(13-8-17)23-24(26-11-10-25-23)29-14-9-19(15-22(29)31)21-6-5-18-3-1-2-4-20(18)27-21/h1-6,10-11,17,19,30H,7-9,12-16H2. The van der Waals surface area contributed by atoms with Crippen molar-refractivity contribution in [1.82, 2.24) is 15.0 Å². The lowest BCUT2D eigenvalue weighted by atomic mass is 9.92. The van der Waals surface area contributed by atoms with Crippen LogP contribution in [0.2, 0.25) is 0 Å². The molecule has 7 nitrogen and oxygen atoms in total. The van der Waals surface area contributed by atoms with Crippen LogP contribution in [0.25, 0.3) is 10.9 Å². The average Bonchev–Trinajstić information content (AvgIpc) is 2.84. The van der Waals surface area contributed by atoms with Crippen molar-refractivity contribution in [3.05, 3.63) is 54.5 Å². The SMILES string of the molecule is O=C1CC(c2ccc3ccccc3n2)CCN1c1nccnc1N1CCC(CO)CC1. The molecule has 5 rings (SSSR count). The van der Waals surface area contributed by atoms with E-state index in [1.54, 1.807) is 17.3 Å². The van der Waals surface area contributed by atoms with Gasteiger partial charge in [0.1, 0.15) is 0 Å². The molecule has 31 heavy (non-hydrogen) atoms. The van der Waals surface area contributed by atoms with E-state index in [2.05, 4.69) is 33.1 Å². The average molecular weight is 418 g/mol. The Kier molecular flexibility index (Phi) is 5.51. The number of aliphatic hydroxyl groups is 1. The second-order valence-corrected chi connectivity index (χ2v) is 8.48. The number of piperidine rings is 2. The molecule has 4 heterocycles. The number of aliphatic hydroxyl groups excluding tert-OH is 1. The second-order valence-electron chi connectivity index (χ2n) is 8.48. The van der Waals surface area contributed by atoms with E-state index in [0.717, 1.165) is 54.8 Å². The van der Waals surface area contributed by atoms with Crippen molar-refractivity contribution in [2.75, 3.05) is 36.0 Å². The maximum Gasteiger partial charge on any atom is 0.228 e. The number of carbonyl (C=O) groups excluding carboxylic acids is 1. The molecule has 2 saturated heterocycles. The molecule has 1 amide bonds. The van der Waals surface area contributed by atoms with Gasteiger partial charge in [0.15, 0.2) is 11.6 Å². The molecule has 0 spiro atoms. The first-order chi connectivity index (χ1) is 15.2. The largest absolute Gasteiger partial charge is 0.396 e. The molecular formula is C24H27N5O2. The predicted molar refractivity (Wildman–Crippen MR) is 120 cm³/mol. The Labute approximate surface area is 181 Å². The van der Waals surface area contributed by atoms with Crippen LogP contribution >= 0.6 is 0 Å². The molecule has 1 unspecified atom stereocenters. The van der Waals surface area contributed by atoms with Crippen LogP contribution < -0.4 is 9.80 Å². The fourth-order valence-corrected chi connectivity index (χ4v) is 4.68. The zero-order valence-corrected chi connectivity index (χ0v) is 17.5. The Morgan fingerprint density at radius 2 is 1.71 bits per heavy atom. The van der Waals surface area contributed by atoms with Crippen molar-refractivity contribution in [1.29, 1.82) is 0 Å². The van der Waals surface area contributed by atoms with Crippen LogP contribution in [0, 0.1) is 5.92 Å². The quantitative estimate of drug-likeness (QED) is 0.702. The normalized spacial score (nSPS) is 20.4. The topological polar surface area (TPSA) is 82.5 Å². The number of para-hydroxylation sites is 1. The number of aromatic nitrogens is 3. The van der Waals surface area contributed by atoms with Crippen LogP contribution in [0.3, 0.4) is 0 Å². The summed E-state index contributed by atoms with van der Waals surface area (Å²) in [7, 11) is 0. The molecule has 0 bridgehead atoms. The van der Waals surface area contributed by atoms with E-state index in [-0.39, 0.29) is 18.4 Å². The molecule has 2 aliphatic heterocycles. The minimum absolute atomic E-state index is 0.0678. The van der Waals surface area contributed by atoms with Crippen LogP contribution in [0.4, 0.5) is 11.6 Å². The van der Waals surface area contributed by atoms with Gasteiger partial charge in [0.25, 0.3) is 0 Å². The molecule has 3 aromatic rings. The van der Waals surface area contributed by atoms with Crippen LogP contribution in [0.1, 0.15) is 37.3 Å². The number of fused-ring (bicyclic) bond motifs is 1. The van der Waals surface area contributed by atoms with Crippen molar-refractivity contribution in [2.24, 2.45) is 5.92 Å². The summed E-state index contributed by atoms with van der Waals surface area (Å²) in [5.74, 6) is 1.96. The highest BCUT2D eigenvalue weighted by Gasteiger charge is 2.32. The highest BCUT2D eigenvalue weighted by atomic mass is 16.3. The maximum absolute atomic E-state index is 13.2. The van der Waals surface area contributed by atoms with Gasteiger partial charge in [-0.2, -0.15) is 0 Å². The Bertz CT molecular complexity index is 1080. The molecule has 2 fully saturated rings. The molecule has 0 radical (unpaired) electrons. The monoisotopic (exact) mass is 417 g/mol. The summed E-state index contributed by atoms with van der Waals surface area (Å²) in [6.07, 6.45) is 6.47. The number of pyridine rings is 1. The van der Waals surface area contributed by atoms with Gasteiger partial charge in [0.2, 0.25) is 5.91 Å². The molecule has 1 atom stereocenters. The van der Waals surface area contributed by atoms with Crippen molar-refractivity contribution in [2.45, 2.75) is 31.6 Å². The van der Waals surface area contributed by atoms with Gasteiger partial charge in [0, 0.05) is 62.1 Å². The number of carbonyl (C=O) groups is 1. The number of hydrogen-bond donors (Lipinski definition) is 1. The number of anilines is 2. The van der Waals surface area contributed by atoms with Crippen molar-refractivity contribution in [3.63, 3.8) is 0 Å². The van der Waals surface area contributed by atoms with Gasteiger partial charge in [-0.1, -0.05) is 24.3 Å². The third-order valence-electron chi connectivity index (χ3n) is 6.55. The summed E-state index contributed by atoms with van der Waals surface area (Å²) in [4.78, 5) is 31.1. The van der Waals surface area contributed by atoms with Crippen LogP contribution in [-0.4, -0.2) is 52.2 Å². The van der Waals surface area contributed by atoms with Gasteiger partial charge in [-0.3, -0.25) is 14.7 Å². The lowest BCUT2D eigenvalue weighted by molar-refractivity contribution is -0.120. The van der Waals surface area contributed by atoms with Gasteiger partial charge >= 0.3 is 0 Å². The summed E-state index contributed by atoms with van der Waals surface area (Å²) >= 11 is 0. The molecule has 1 N–H and O–H groups in total. The third kappa shape index (κ3) is 3.97. The fourth-order valence-electron chi connectivity index (χ4n) is 4.68. The van der Waals surface area contributed by atoms with E-state index in [4.69, 9.17) is 4.98 Å². The zero-order chi connectivity index (χ0) is 21.2. The lowest BCUT2D eigenvalue weighted by Crippen LogP contribution is -2.41. The third-order valence-corrected chi connectivity index (χ3v) is 6.55. The highest BCUT2D eigenvalue weighted by molar-refractivity contribution is 5.96. The van der Waals surface area contributed by atoms with Crippen LogP contribution in [0.5, 0.6) is 0 Å². The molecule has 2 aliphatic rings. The number of rotatable bonds is 4. The molecular weight excluding hydrogens is 390 g/mol. The number of nitrogens with zero attached hydrogens (tertiary/aromatic N) is 5. The second kappa shape index (κ2) is 8.59. The van der Waals surface area contributed by atoms with Crippen LogP contribution in [0.15, 0.2) is 48.8 Å². The summed E-state index contributed by atoms with van der Waals surface area (Å²) in [5, 5.41) is 10.5. The Morgan fingerprint density at radius 1 is 0.935 bits per heavy atom. The van der Waals surface area contributed by atoms with E-state index in [0.29, 0.717) is 24.7 Å². The summed E-state index contributed by atoms with van der Waals surface area (Å²) in [5.41, 5.74) is 1.95. The molecule has 2 aromatic heterocycles. The van der Waals surface area contributed by atoms with Crippen molar-refractivity contribution >= 4 is 28.4 Å². The Morgan fingerprint density at radius 3 is 2.48 bits per heavy atom. The number of benzene rings is 1. The fraction of sp³-hybridized carbons (Fsp3) is 0.417. The first-order valence-corrected chi connectivity index (χ1v) is 11.1. The predicted octanol–water partition coefficient (Wildman–Crippen LogP) is 3.14. The Hall–Kier alpha value is -3.06. The Balaban J connectivity index is 1.34. The van der Waals surface area contributed by atoms with E-state index in [1.807, 2.05) is 18.2 Å². The van der Waals surface area contributed by atoms with E-state index in [9.17, 15) is 9.90 Å². The van der Waals surface area contributed by atoms with Crippen molar-refractivity contribution < 1.29 is 9.90 Å².